The molecule has 2 aliphatic rings. The number of hydrogen-bond acceptors (Lipinski definition) is 11. The maximum Gasteiger partial charge on any atom is 0.323 e. The summed E-state index contributed by atoms with van der Waals surface area (Å²) >= 11 is 0. The average Bonchev–Trinajstić information content (AvgIpc) is 3.97. The number of fused-ring (bicyclic) bond motifs is 2. The van der Waals surface area contributed by atoms with Crippen LogP contribution >= 0.6 is 0 Å². The summed E-state index contributed by atoms with van der Waals surface area (Å²) in [6, 6.07) is 5.77. The van der Waals surface area contributed by atoms with Gasteiger partial charge in [-0.2, -0.15) is 0 Å². The van der Waals surface area contributed by atoms with Crippen LogP contribution in [0.1, 0.15) is 87.0 Å². The normalized spacial score (nSPS) is 14.8. The third-order valence-corrected chi connectivity index (χ3v) is 10.4. The molecule has 19 heteroatoms. The van der Waals surface area contributed by atoms with Gasteiger partial charge < -0.3 is 55.1 Å². The van der Waals surface area contributed by atoms with Gasteiger partial charge in [0.25, 0.3) is 23.6 Å². The summed E-state index contributed by atoms with van der Waals surface area (Å²) in [7, 11) is 4.93. The molecule has 0 aliphatic carbocycles. The first-order chi connectivity index (χ1) is 29.5. The summed E-state index contributed by atoms with van der Waals surface area (Å²) in [5.41, 5.74) is 9.87. The number of hydrogen-bond donors (Lipinski definition) is 5. The molecule has 2 aliphatic heterocycles. The van der Waals surface area contributed by atoms with Crippen molar-refractivity contribution in [2.45, 2.75) is 58.5 Å². The van der Waals surface area contributed by atoms with E-state index in [9.17, 15) is 28.8 Å². The van der Waals surface area contributed by atoms with Gasteiger partial charge in [0.1, 0.15) is 23.2 Å². The molecular weight excluding hydrogens is 799 g/mol. The van der Waals surface area contributed by atoms with E-state index in [-0.39, 0.29) is 73.2 Å². The Labute approximate surface area is 358 Å². The van der Waals surface area contributed by atoms with Gasteiger partial charge in [-0.25, -0.2) is 4.98 Å². The number of aliphatic imine (C=N–C) groups is 1. The van der Waals surface area contributed by atoms with Crippen LogP contribution in [0.2, 0.25) is 0 Å². The lowest BCUT2D eigenvalue weighted by molar-refractivity contribution is -0.146. The lowest BCUT2D eigenvalue weighted by Gasteiger charge is -2.20. The van der Waals surface area contributed by atoms with Gasteiger partial charge >= 0.3 is 5.97 Å². The molecule has 328 valence electrons. The number of rotatable bonds is 17. The molecule has 1 aromatic carbocycles. The predicted octanol–water partition coefficient (Wildman–Crippen LogP) is 3.84. The van der Waals surface area contributed by atoms with E-state index in [2.05, 4.69) is 37.8 Å². The second-order valence-corrected chi connectivity index (χ2v) is 15.8. The Kier molecular flexibility index (Phi) is 13.7. The van der Waals surface area contributed by atoms with Crippen molar-refractivity contribution in [3.05, 3.63) is 83.3 Å². The Morgan fingerprint density at radius 1 is 0.887 bits per heavy atom. The smallest absolute Gasteiger partial charge is 0.323 e. The van der Waals surface area contributed by atoms with Gasteiger partial charge in [0.15, 0.2) is 5.82 Å². The fraction of sp³-hybridized carbons (Fsp3) is 0.395. The lowest BCUT2D eigenvalue weighted by atomic mass is 10.1. The summed E-state index contributed by atoms with van der Waals surface area (Å²) in [6.07, 6.45) is 8.08. The van der Waals surface area contributed by atoms with Crippen molar-refractivity contribution in [3.8, 4) is 5.75 Å². The number of carbonyl (C=O) groups excluding carboxylic acids is 6. The van der Waals surface area contributed by atoms with E-state index in [4.69, 9.17) is 15.2 Å². The van der Waals surface area contributed by atoms with Gasteiger partial charge in [-0.15, -0.1) is 0 Å². The number of esters is 1. The first-order valence-corrected chi connectivity index (χ1v) is 20.3. The molecule has 0 radical (unpaired) electrons. The minimum atomic E-state index is -0.702. The Morgan fingerprint density at radius 3 is 2.26 bits per heavy atom. The van der Waals surface area contributed by atoms with E-state index < -0.39 is 23.8 Å². The molecule has 1 saturated heterocycles. The maximum atomic E-state index is 13.2. The molecular formula is C43H53N11O8. The third kappa shape index (κ3) is 10.5. The van der Waals surface area contributed by atoms with E-state index in [1.165, 1.54) is 22.9 Å². The quantitative estimate of drug-likeness (QED) is 0.0585. The number of carbonyl (C=O) groups is 6. The second kappa shape index (κ2) is 19.1. The minimum Gasteiger partial charge on any atom is -0.493 e. The SMILES string of the molecule is C=C1C[C@H]2C=Nc3cc(OCCCC(=O)Nc4cn(C)c(C(=O)Nc5cc(C(=O)Nc6cc(C(=O)NCCCOC(=O)C(N)C(C)C)n(C)c6)n(C)c5)n4)c(C)cc3C(=O)N2C1. The van der Waals surface area contributed by atoms with Crippen molar-refractivity contribution < 1.29 is 38.2 Å². The molecule has 0 bridgehead atoms. The number of imidazole rings is 1. The molecule has 5 amide bonds. The molecule has 3 aromatic heterocycles. The molecule has 0 saturated carbocycles. The van der Waals surface area contributed by atoms with Crippen molar-refractivity contribution in [2.75, 3.05) is 42.3 Å². The van der Waals surface area contributed by atoms with E-state index in [0.29, 0.717) is 59.9 Å². The van der Waals surface area contributed by atoms with Crippen LogP contribution in [0.3, 0.4) is 0 Å². The van der Waals surface area contributed by atoms with Gasteiger partial charge in [0.2, 0.25) is 11.7 Å². The molecule has 6 N–H and O–H groups in total. The Hall–Kier alpha value is -7.02. The number of aromatic nitrogens is 4. The number of ether oxygens (including phenoxy) is 2. The standard InChI is InChI=1S/C43H53N11O8/c1-24(2)37(44)43(60)62-13-9-11-45-39(56)32-16-27(21-51(32)5)47-40(57)33-17-28(22-52(33)6)48-41(58)38-50-35(23-53(38)7)49-36(55)10-8-12-61-34-18-31-30(15-26(34)4)42(59)54-20-25(3)14-29(54)19-46-31/h15-19,21-24,29,37H,3,8-14,20,44H2,1-2,4-7H3,(H,45,56)(H,47,57)(H,48,58)(H,49,55)/t29-,37?/m0/s1. The van der Waals surface area contributed by atoms with Crippen molar-refractivity contribution >= 4 is 64.6 Å². The van der Waals surface area contributed by atoms with Gasteiger partial charge in [-0.3, -0.25) is 33.8 Å². The number of nitrogens with one attached hydrogen (secondary N) is 4. The van der Waals surface area contributed by atoms with Crippen LogP contribution in [0.15, 0.2) is 60.0 Å². The predicted molar refractivity (Wildman–Crippen MR) is 232 cm³/mol. The number of benzene rings is 1. The van der Waals surface area contributed by atoms with Crippen LogP contribution in [-0.4, -0.2) is 104 Å². The minimum absolute atomic E-state index is 0.0232. The van der Waals surface area contributed by atoms with Crippen molar-refractivity contribution in [3.63, 3.8) is 0 Å². The van der Waals surface area contributed by atoms with Gasteiger partial charge in [0, 0.05) is 71.5 Å². The molecule has 62 heavy (non-hydrogen) atoms. The summed E-state index contributed by atoms with van der Waals surface area (Å²) < 4.78 is 15.7. The fourth-order valence-electron chi connectivity index (χ4n) is 6.98. The number of aryl methyl sites for hydroxylation is 4. The molecule has 1 fully saturated rings. The summed E-state index contributed by atoms with van der Waals surface area (Å²) in [4.78, 5) is 87.8. The zero-order valence-corrected chi connectivity index (χ0v) is 35.7. The molecule has 0 spiro atoms. The number of nitrogens with zero attached hydrogens (tertiary/aromatic N) is 6. The van der Waals surface area contributed by atoms with Gasteiger partial charge in [-0.1, -0.05) is 26.0 Å². The van der Waals surface area contributed by atoms with Crippen LogP contribution in [0.4, 0.5) is 22.9 Å². The first-order valence-electron chi connectivity index (χ1n) is 20.3. The summed E-state index contributed by atoms with van der Waals surface area (Å²) in [6.45, 7) is 10.7. The number of nitrogens with two attached hydrogens (primary N) is 1. The van der Waals surface area contributed by atoms with Crippen LogP contribution < -0.4 is 31.7 Å². The largest absolute Gasteiger partial charge is 0.493 e. The van der Waals surface area contributed by atoms with Gasteiger partial charge in [-0.05, 0) is 55.9 Å². The highest BCUT2D eigenvalue weighted by molar-refractivity contribution is 6.07. The lowest BCUT2D eigenvalue weighted by Crippen LogP contribution is -2.37. The van der Waals surface area contributed by atoms with E-state index in [1.807, 2.05) is 20.8 Å². The Balaban J connectivity index is 0.947. The van der Waals surface area contributed by atoms with Crippen LogP contribution in [0.5, 0.6) is 5.75 Å². The Morgan fingerprint density at radius 2 is 1.56 bits per heavy atom. The van der Waals surface area contributed by atoms with Crippen LogP contribution in [-0.2, 0) is 35.5 Å². The molecule has 2 atom stereocenters. The number of amides is 5. The maximum absolute atomic E-state index is 13.2. The molecule has 19 nitrogen and oxygen atoms in total. The van der Waals surface area contributed by atoms with Crippen molar-refractivity contribution in [1.82, 2.24) is 28.9 Å². The highest BCUT2D eigenvalue weighted by Crippen LogP contribution is 2.35. The zero-order valence-electron chi connectivity index (χ0n) is 35.7. The summed E-state index contributed by atoms with van der Waals surface area (Å²) in [5, 5.41) is 11.0. The number of anilines is 3. The van der Waals surface area contributed by atoms with Crippen LogP contribution in [0, 0.1) is 12.8 Å². The monoisotopic (exact) mass is 851 g/mol. The van der Waals surface area contributed by atoms with Crippen molar-refractivity contribution in [1.29, 1.82) is 0 Å². The summed E-state index contributed by atoms with van der Waals surface area (Å²) in [5.74, 6) is -1.56. The highest BCUT2D eigenvalue weighted by atomic mass is 16.5. The van der Waals surface area contributed by atoms with E-state index in [0.717, 1.165) is 11.1 Å². The first kappa shape index (κ1) is 44.5. The second-order valence-electron chi connectivity index (χ2n) is 15.8. The van der Waals surface area contributed by atoms with Crippen LogP contribution in [0.25, 0.3) is 0 Å². The average molecular weight is 852 g/mol. The van der Waals surface area contributed by atoms with E-state index in [1.54, 1.807) is 65.9 Å². The molecule has 6 rings (SSSR count). The third-order valence-electron chi connectivity index (χ3n) is 10.4. The molecule has 5 heterocycles. The zero-order chi connectivity index (χ0) is 44.8. The van der Waals surface area contributed by atoms with E-state index >= 15 is 0 Å². The molecule has 1 unspecified atom stereocenters. The Bertz CT molecular complexity index is 2440. The fourth-order valence-corrected chi connectivity index (χ4v) is 6.98. The topological polar surface area (TPSA) is 238 Å². The molecule has 4 aromatic rings. The van der Waals surface area contributed by atoms with Crippen molar-refractivity contribution in [2.24, 2.45) is 37.8 Å². The highest BCUT2D eigenvalue weighted by Gasteiger charge is 2.34. The van der Waals surface area contributed by atoms with Gasteiger partial charge in [0.05, 0.1) is 41.9 Å².